The van der Waals surface area contributed by atoms with E-state index in [-0.39, 0.29) is 35.8 Å². The van der Waals surface area contributed by atoms with Gasteiger partial charge in [-0.1, -0.05) is 41.9 Å². The number of amides is 2. The average molecular weight is 389 g/mol. The lowest BCUT2D eigenvalue weighted by Gasteiger charge is -2.19. The molecule has 2 aromatic rings. The molecule has 0 radical (unpaired) electrons. The van der Waals surface area contributed by atoms with Crippen molar-refractivity contribution in [2.45, 2.75) is 32.2 Å². The largest absolute Gasteiger partial charge is 0.353 e. The number of carbonyl (C=O) groups excluding carboxylic acids is 2. The van der Waals surface area contributed by atoms with Crippen molar-refractivity contribution in [1.29, 1.82) is 0 Å². The molecule has 0 bridgehead atoms. The Hall–Kier alpha value is -2.40. The predicted molar refractivity (Wildman–Crippen MR) is 104 cm³/mol. The van der Waals surface area contributed by atoms with Crippen molar-refractivity contribution in [3.8, 4) is 0 Å². The number of hydrogen-bond acceptors (Lipinski definition) is 2. The zero-order valence-corrected chi connectivity index (χ0v) is 15.9. The molecule has 2 atom stereocenters. The van der Waals surface area contributed by atoms with Crippen molar-refractivity contribution >= 4 is 29.1 Å². The molecule has 1 saturated heterocycles. The molecule has 0 spiro atoms. The Morgan fingerprint density at radius 3 is 2.74 bits per heavy atom. The number of hydrogen-bond donors (Lipinski definition) is 1. The van der Waals surface area contributed by atoms with Crippen LogP contribution in [0.4, 0.5) is 10.1 Å². The summed E-state index contributed by atoms with van der Waals surface area (Å²) in [6.07, 6.45) is 1.85. The molecule has 2 aromatic carbocycles. The molecule has 1 heterocycles. The Bertz CT molecular complexity index is 828. The fraction of sp³-hybridized carbons (Fsp3) is 0.333. The van der Waals surface area contributed by atoms with Crippen LogP contribution in [0.2, 0.25) is 5.02 Å². The summed E-state index contributed by atoms with van der Waals surface area (Å²) in [5, 5.41) is 2.96. The maximum absolute atomic E-state index is 13.3. The molecule has 0 saturated carbocycles. The first-order valence-corrected chi connectivity index (χ1v) is 9.41. The van der Waals surface area contributed by atoms with E-state index in [2.05, 4.69) is 17.4 Å². The van der Waals surface area contributed by atoms with Gasteiger partial charge in [-0.2, -0.15) is 0 Å². The highest BCUT2D eigenvalue weighted by atomic mass is 35.5. The van der Waals surface area contributed by atoms with Crippen molar-refractivity contribution in [3.63, 3.8) is 0 Å². The molecular weight excluding hydrogens is 367 g/mol. The SMILES string of the molecule is C[C@@H](CCc1ccccc1)NC(=O)[C@@H]1CC(=O)N(c2ccc(F)c(Cl)c2)C1. The molecular formula is C21H22ClFN2O2. The molecule has 4 nitrogen and oxygen atoms in total. The van der Waals surface area contributed by atoms with E-state index >= 15 is 0 Å². The van der Waals surface area contributed by atoms with Gasteiger partial charge in [-0.15, -0.1) is 0 Å². The van der Waals surface area contributed by atoms with Gasteiger partial charge in [0.1, 0.15) is 5.82 Å². The van der Waals surface area contributed by atoms with Crippen molar-refractivity contribution < 1.29 is 14.0 Å². The van der Waals surface area contributed by atoms with Crippen molar-refractivity contribution in [1.82, 2.24) is 5.32 Å². The van der Waals surface area contributed by atoms with Gasteiger partial charge in [0.25, 0.3) is 0 Å². The minimum absolute atomic E-state index is 0.0159. The molecule has 27 heavy (non-hydrogen) atoms. The van der Waals surface area contributed by atoms with Gasteiger partial charge < -0.3 is 10.2 Å². The Kier molecular flexibility index (Phi) is 6.11. The Balaban J connectivity index is 1.54. The van der Waals surface area contributed by atoms with Gasteiger partial charge in [-0.05, 0) is 43.5 Å². The summed E-state index contributed by atoms with van der Waals surface area (Å²) in [6, 6.07) is 14.3. The quantitative estimate of drug-likeness (QED) is 0.814. The number of anilines is 1. The van der Waals surface area contributed by atoms with E-state index in [0.717, 1.165) is 12.8 Å². The summed E-state index contributed by atoms with van der Waals surface area (Å²) in [5.74, 6) is -1.23. The summed E-state index contributed by atoms with van der Waals surface area (Å²) in [5.41, 5.74) is 1.74. The van der Waals surface area contributed by atoms with Gasteiger partial charge >= 0.3 is 0 Å². The van der Waals surface area contributed by atoms with E-state index in [1.807, 2.05) is 25.1 Å². The standard InChI is InChI=1S/C21H22ClFN2O2/c1-14(7-8-15-5-3-2-4-6-15)24-21(27)16-11-20(26)25(13-16)17-9-10-19(23)18(22)12-17/h2-6,9-10,12,14,16H,7-8,11,13H2,1H3,(H,24,27)/t14-,16+/m0/s1. The number of carbonyl (C=O) groups is 2. The molecule has 0 aromatic heterocycles. The third-order valence-electron chi connectivity index (χ3n) is 4.81. The Morgan fingerprint density at radius 1 is 1.30 bits per heavy atom. The molecule has 142 valence electrons. The van der Waals surface area contributed by atoms with Crippen molar-refractivity contribution in [2.75, 3.05) is 11.4 Å². The van der Waals surface area contributed by atoms with E-state index in [0.29, 0.717) is 5.69 Å². The lowest BCUT2D eigenvalue weighted by molar-refractivity contribution is -0.126. The fourth-order valence-electron chi connectivity index (χ4n) is 3.25. The Labute approximate surface area is 163 Å². The first-order chi connectivity index (χ1) is 12.9. The third kappa shape index (κ3) is 4.86. The first-order valence-electron chi connectivity index (χ1n) is 9.03. The first kappa shape index (κ1) is 19.4. The van der Waals surface area contributed by atoms with Crippen LogP contribution in [0.3, 0.4) is 0 Å². The lowest BCUT2D eigenvalue weighted by atomic mass is 10.0. The topological polar surface area (TPSA) is 49.4 Å². The lowest BCUT2D eigenvalue weighted by Crippen LogP contribution is -2.38. The number of nitrogens with zero attached hydrogens (tertiary/aromatic N) is 1. The number of benzene rings is 2. The van der Waals surface area contributed by atoms with Crippen LogP contribution in [0.5, 0.6) is 0 Å². The second-order valence-electron chi connectivity index (χ2n) is 6.94. The van der Waals surface area contributed by atoms with Gasteiger partial charge in [0, 0.05) is 24.7 Å². The van der Waals surface area contributed by atoms with Gasteiger partial charge in [0.15, 0.2) is 0 Å². The van der Waals surface area contributed by atoms with Crippen molar-refractivity contribution in [2.24, 2.45) is 5.92 Å². The monoisotopic (exact) mass is 388 g/mol. The second-order valence-corrected chi connectivity index (χ2v) is 7.34. The third-order valence-corrected chi connectivity index (χ3v) is 5.10. The molecule has 0 aliphatic carbocycles. The summed E-state index contributed by atoms with van der Waals surface area (Å²) in [7, 11) is 0. The molecule has 1 N–H and O–H groups in total. The van der Waals surface area contributed by atoms with Gasteiger partial charge in [-0.3, -0.25) is 9.59 Å². The summed E-state index contributed by atoms with van der Waals surface area (Å²) in [4.78, 5) is 26.3. The van der Waals surface area contributed by atoms with E-state index in [1.165, 1.54) is 28.7 Å². The van der Waals surface area contributed by atoms with Gasteiger partial charge in [0.05, 0.1) is 10.9 Å². The molecule has 3 rings (SSSR count). The van der Waals surface area contributed by atoms with E-state index in [1.54, 1.807) is 0 Å². The number of halogens is 2. The van der Waals surface area contributed by atoms with Crippen LogP contribution in [-0.2, 0) is 16.0 Å². The smallest absolute Gasteiger partial charge is 0.227 e. The van der Waals surface area contributed by atoms with Crippen molar-refractivity contribution in [3.05, 3.63) is 64.9 Å². The molecule has 6 heteroatoms. The van der Waals surface area contributed by atoms with E-state index < -0.39 is 11.7 Å². The summed E-state index contributed by atoms with van der Waals surface area (Å²) < 4.78 is 13.3. The zero-order valence-electron chi connectivity index (χ0n) is 15.1. The van der Waals surface area contributed by atoms with E-state index in [9.17, 15) is 14.0 Å². The minimum atomic E-state index is -0.534. The highest BCUT2D eigenvalue weighted by Crippen LogP contribution is 2.28. The molecule has 1 aliphatic heterocycles. The zero-order chi connectivity index (χ0) is 19.4. The van der Waals surface area contributed by atoms with Gasteiger partial charge in [0.2, 0.25) is 11.8 Å². The predicted octanol–water partition coefficient (Wildman–Crippen LogP) is 3.97. The molecule has 1 fully saturated rings. The van der Waals surface area contributed by atoms with Gasteiger partial charge in [-0.25, -0.2) is 4.39 Å². The van der Waals surface area contributed by atoms with Crippen LogP contribution < -0.4 is 10.2 Å². The molecule has 1 aliphatic rings. The number of rotatable bonds is 6. The highest BCUT2D eigenvalue weighted by molar-refractivity contribution is 6.31. The number of aryl methyl sites for hydroxylation is 1. The Morgan fingerprint density at radius 2 is 2.04 bits per heavy atom. The normalized spacial score (nSPS) is 17.8. The molecule has 0 unspecified atom stereocenters. The minimum Gasteiger partial charge on any atom is -0.353 e. The maximum atomic E-state index is 13.3. The van der Waals surface area contributed by atoms with Crippen LogP contribution >= 0.6 is 11.6 Å². The second kappa shape index (κ2) is 8.53. The highest BCUT2D eigenvalue weighted by Gasteiger charge is 2.35. The van der Waals surface area contributed by atoms with E-state index in [4.69, 9.17) is 11.6 Å². The molecule has 2 amide bonds. The number of nitrogens with one attached hydrogen (secondary N) is 1. The summed E-state index contributed by atoms with van der Waals surface area (Å²) >= 11 is 5.80. The average Bonchev–Trinajstić information content (AvgIpc) is 3.05. The maximum Gasteiger partial charge on any atom is 0.227 e. The fourth-order valence-corrected chi connectivity index (χ4v) is 3.42. The van der Waals surface area contributed by atoms with Crippen LogP contribution in [0, 0.1) is 11.7 Å². The summed E-state index contributed by atoms with van der Waals surface area (Å²) in [6.45, 7) is 2.24. The van der Waals surface area contributed by atoms with Crippen LogP contribution in [0.25, 0.3) is 0 Å². The van der Waals surface area contributed by atoms with Crippen LogP contribution in [0.1, 0.15) is 25.3 Å². The van der Waals surface area contributed by atoms with Crippen LogP contribution in [0.15, 0.2) is 48.5 Å². The van der Waals surface area contributed by atoms with Crippen LogP contribution in [-0.4, -0.2) is 24.4 Å².